The van der Waals surface area contributed by atoms with Crippen LogP contribution >= 0.6 is 0 Å². The first-order valence-corrected chi connectivity index (χ1v) is 12.6. The van der Waals surface area contributed by atoms with Crippen molar-refractivity contribution in [3.05, 3.63) is 64.3 Å². The van der Waals surface area contributed by atoms with Gasteiger partial charge in [0.25, 0.3) is 6.43 Å². The van der Waals surface area contributed by atoms with Crippen LogP contribution in [0.15, 0.2) is 36.5 Å². The van der Waals surface area contributed by atoms with Crippen molar-refractivity contribution >= 4 is 16.9 Å². The van der Waals surface area contributed by atoms with Crippen LogP contribution in [-0.4, -0.2) is 65.6 Å². The fourth-order valence-corrected chi connectivity index (χ4v) is 5.05. The van der Waals surface area contributed by atoms with Gasteiger partial charge in [0, 0.05) is 54.9 Å². The molecule has 0 aliphatic carbocycles. The molecule has 8 heteroatoms. The average Bonchev–Trinajstić information content (AvgIpc) is 3.37. The van der Waals surface area contributed by atoms with Crippen LogP contribution in [0.4, 0.5) is 8.78 Å². The molecule has 36 heavy (non-hydrogen) atoms. The van der Waals surface area contributed by atoms with Gasteiger partial charge >= 0.3 is 5.97 Å². The first-order chi connectivity index (χ1) is 17.3. The van der Waals surface area contributed by atoms with E-state index in [9.17, 15) is 18.7 Å². The zero-order valence-corrected chi connectivity index (χ0v) is 21.8. The SMILES string of the molecule is CC.CCc1cc(C2CN(CC(F)F)CCN2Cc2c(OC)cc(C)c3[nH]ccc23)ccc1C(=O)O. The zero-order valence-electron chi connectivity index (χ0n) is 21.8. The summed E-state index contributed by atoms with van der Waals surface area (Å²) >= 11 is 0. The lowest BCUT2D eigenvalue weighted by atomic mass is 9.95. The number of aromatic amines is 1. The number of aromatic nitrogens is 1. The predicted molar refractivity (Wildman–Crippen MR) is 139 cm³/mol. The van der Waals surface area contributed by atoms with Gasteiger partial charge in [-0.2, -0.15) is 0 Å². The number of nitrogens with one attached hydrogen (secondary N) is 1. The maximum absolute atomic E-state index is 13.2. The summed E-state index contributed by atoms with van der Waals surface area (Å²) in [5.41, 5.74) is 5.18. The third kappa shape index (κ3) is 5.87. The van der Waals surface area contributed by atoms with Gasteiger partial charge in [0.2, 0.25) is 0 Å². The number of carbonyl (C=O) groups is 1. The molecule has 3 aromatic rings. The minimum atomic E-state index is -2.40. The Labute approximate surface area is 211 Å². The molecular formula is C28H37F2N3O3. The summed E-state index contributed by atoms with van der Waals surface area (Å²) in [7, 11) is 1.66. The van der Waals surface area contributed by atoms with E-state index in [1.807, 2.05) is 58.2 Å². The van der Waals surface area contributed by atoms with Crippen molar-refractivity contribution in [3.63, 3.8) is 0 Å². The van der Waals surface area contributed by atoms with Crippen LogP contribution in [0.1, 0.15) is 59.4 Å². The summed E-state index contributed by atoms with van der Waals surface area (Å²) in [5, 5.41) is 10.6. The molecule has 1 unspecified atom stereocenters. The summed E-state index contributed by atoms with van der Waals surface area (Å²) in [5.74, 6) is -0.156. The van der Waals surface area contributed by atoms with Crippen molar-refractivity contribution in [2.75, 3.05) is 33.3 Å². The average molecular weight is 502 g/mol. The Bertz CT molecular complexity index is 1180. The molecule has 1 aliphatic rings. The number of H-pyrrole nitrogens is 1. The molecule has 2 aromatic carbocycles. The molecule has 1 saturated heterocycles. The Hall–Kier alpha value is -2.97. The number of ether oxygens (including phenoxy) is 1. The number of nitrogens with zero attached hydrogens (tertiary/aromatic N) is 2. The molecular weight excluding hydrogens is 464 g/mol. The Balaban J connectivity index is 0.00000176. The lowest BCUT2D eigenvalue weighted by molar-refractivity contribution is 0.0245. The van der Waals surface area contributed by atoms with Crippen LogP contribution in [0.5, 0.6) is 5.75 Å². The molecule has 2 heterocycles. The maximum Gasteiger partial charge on any atom is 0.335 e. The molecule has 0 bridgehead atoms. The van der Waals surface area contributed by atoms with Crippen molar-refractivity contribution < 1.29 is 23.4 Å². The largest absolute Gasteiger partial charge is 0.496 e. The Morgan fingerprint density at radius 2 is 1.97 bits per heavy atom. The first-order valence-electron chi connectivity index (χ1n) is 12.6. The van der Waals surface area contributed by atoms with Crippen LogP contribution < -0.4 is 4.74 Å². The number of hydrogen-bond acceptors (Lipinski definition) is 4. The summed E-state index contributed by atoms with van der Waals surface area (Å²) < 4.78 is 32.1. The molecule has 2 N–H and O–H groups in total. The molecule has 0 spiro atoms. The van der Waals surface area contributed by atoms with E-state index in [1.165, 1.54) is 0 Å². The van der Waals surface area contributed by atoms with Crippen molar-refractivity contribution in [3.8, 4) is 5.75 Å². The Morgan fingerprint density at radius 3 is 2.61 bits per heavy atom. The number of carboxylic acids is 1. The maximum atomic E-state index is 13.2. The van der Waals surface area contributed by atoms with Crippen LogP contribution in [0.25, 0.3) is 10.9 Å². The molecule has 1 atom stereocenters. The van der Waals surface area contributed by atoms with Gasteiger partial charge in [0.1, 0.15) is 5.75 Å². The van der Waals surface area contributed by atoms with Gasteiger partial charge in [-0.05, 0) is 48.2 Å². The van der Waals surface area contributed by atoms with Crippen LogP contribution in [-0.2, 0) is 13.0 Å². The van der Waals surface area contributed by atoms with Gasteiger partial charge in [-0.15, -0.1) is 0 Å². The van der Waals surface area contributed by atoms with Crippen LogP contribution in [0.2, 0.25) is 0 Å². The topological polar surface area (TPSA) is 68.8 Å². The van der Waals surface area contributed by atoms with E-state index in [2.05, 4.69) is 9.88 Å². The quantitative estimate of drug-likeness (QED) is 0.403. The standard InChI is InChI=1S/C26H31F2N3O3.C2H6/c1-4-17-12-18(5-6-19(17)26(32)33)22-14-30(15-24(27)28)9-10-31(22)13-21-20-7-8-29-25(20)16(2)11-23(21)34-3;1-2/h5-8,11-12,22,24,29H,4,9-10,13-15H2,1-3H3,(H,32,33);1-2H3. The predicted octanol–water partition coefficient (Wildman–Crippen LogP) is 5.90. The molecule has 1 aliphatic heterocycles. The monoisotopic (exact) mass is 501 g/mol. The van der Waals surface area contributed by atoms with Gasteiger partial charge in [-0.1, -0.05) is 32.9 Å². The van der Waals surface area contributed by atoms with E-state index in [1.54, 1.807) is 18.1 Å². The fraction of sp³-hybridized carbons (Fsp3) is 0.464. The van der Waals surface area contributed by atoms with Crippen LogP contribution in [0, 0.1) is 6.92 Å². The molecule has 1 fully saturated rings. The van der Waals surface area contributed by atoms with E-state index in [4.69, 9.17) is 4.74 Å². The number of aromatic carboxylic acids is 1. The number of hydrogen-bond donors (Lipinski definition) is 2. The lowest BCUT2D eigenvalue weighted by Crippen LogP contribution is -2.49. The zero-order chi connectivity index (χ0) is 26.4. The number of carboxylic acid groups (broad SMARTS) is 1. The van der Waals surface area contributed by atoms with Crippen molar-refractivity contribution in [2.45, 2.75) is 53.1 Å². The first kappa shape index (κ1) is 27.6. The molecule has 6 nitrogen and oxygen atoms in total. The summed E-state index contributed by atoms with van der Waals surface area (Å²) in [4.78, 5) is 19.0. The molecule has 0 saturated carbocycles. The Morgan fingerprint density at radius 1 is 1.22 bits per heavy atom. The number of methoxy groups -OCH3 is 1. The van der Waals surface area contributed by atoms with E-state index in [0.717, 1.165) is 38.9 Å². The highest BCUT2D eigenvalue weighted by Gasteiger charge is 2.31. The van der Waals surface area contributed by atoms with E-state index < -0.39 is 12.4 Å². The Kier molecular flexibility index (Phi) is 9.45. The van der Waals surface area contributed by atoms with E-state index >= 15 is 0 Å². The lowest BCUT2D eigenvalue weighted by Gasteiger charge is -2.42. The van der Waals surface area contributed by atoms with E-state index in [0.29, 0.717) is 32.6 Å². The van der Waals surface area contributed by atoms with E-state index in [-0.39, 0.29) is 18.2 Å². The molecule has 196 valence electrons. The third-order valence-corrected chi connectivity index (χ3v) is 6.79. The summed E-state index contributed by atoms with van der Waals surface area (Å²) in [6.45, 7) is 9.88. The number of alkyl halides is 2. The summed E-state index contributed by atoms with van der Waals surface area (Å²) in [6.07, 6.45) is 0.0969. The fourth-order valence-electron chi connectivity index (χ4n) is 5.05. The van der Waals surface area contributed by atoms with Crippen molar-refractivity contribution in [1.82, 2.24) is 14.8 Å². The summed E-state index contributed by atoms with van der Waals surface area (Å²) in [6, 6.07) is 9.29. The second-order valence-electron chi connectivity index (χ2n) is 8.85. The van der Waals surface area contributed by atoms with Crippen LogP contribution in [0.3, 0.4) is 0 Å². The van der Waals surface area contributed by atoms with Gasteiger partial charge in [0.05, 0.1) is 19.2 Å². The smallest absolute Gasteiger partial charge is 0.335 e. The van der Waals surface area contributed by atoms with Gasteiger partial charge in [-0.25, -0.2) is 13.6 Å². The van der Waals surface area contributed by atoms with Gasteiger partial charge in [-0.3, -0.25) is 9.80 Å². The highest BCUT2D eigenvalue weighted by atomic mass is 19.3. The van der Waals surface area contributed by atoms with Crippen molar-refractivity contribution in [2.24, 2.45) is 0 Å². The highest BCUT2D eigenvalue weighted by Crippen LogP contribution is 2.35. The normalized spacial score (nSPS) is 16.7. The molecule has 0 amide bonds. The second-order valence-corrected chi connectivity index (χ2v) is 8.85. The number of fused-ring (bicyclic) bond motifs is 1. The number of piperazine rings is 1. The molecule has 1 aromatic heterocycles. The highest BCUT2D eigenvalue weighted by molar-refractivity contribution is 5.89. The van der Waals surface area contributed by atoms with Gasteiger partial charge < -0.3 is 14.8 Å². The van der Waals surface area contributed by atoms with Crippen molar-refractivity contribution in [1.29, 1.82) is 0 Å². The third-order valence-electron chi connectivity index (χ3n) is 6.79. The minimum Gasteiger partial charge on any atom is -0.496 e. The minimum absolute atomic E-state index is 0.152. The molecule has 0 radical (unpaired) electrons. The number of aryl methyl sites for hydroxylation is 2. The number of halogens is 2. The van der Waals surface area contributed by atoms with Gasteiger partial charge in [0.15, 0.2) is 0 Å². The second kappa shape index (κ2) is 12.3. The molecule has 4 rings (SSSR count). The number of rotatable bonds is 8. The number of benzene rings is 2.